The maximum absolute atomic E-state index is 13.0. The molecule has 1 saturated carbocycles. The highest BCUT2D eigenvalue weighted by Gasteiger charge is 2.43. The standard InChI is InChI=1S/C13H12F3N5O3/c1-7-10(21(23)24)5-2-8(17-7)6-19-12(22)20(9-3-4-9)11(18-19)13(14,15)16/h2,5,9H,3-4,6H2,1H3. The van der Waals surface area contributed by atoms with Crippen molar-refractivity contribution in [1.29, 1.82) is 0 Å². The Labute approximate surface area is 132 Å². The monoisotopic (exact) mass is 343 g/mol. The van der Waals surface area contributed by atoms with Crippen LogP contribution in [0.3, 0.4) is 0 Å². The van der Waals surface area contributed by atoms with E-state index in [9.17, 15) is 28.1 Å². The quantitative estimate of drug-likeness (QED) is 0.625. The van der Waals surface area contributed by atoms with Gasteiger partial charge in [-0.3, -0.25) is 14.7 Å². The minimum atomic E-state index is -4.73. The van der Waals surface area contributed by atoms with Crippen molar-refractivity contribution in [3.63, 3.8) is 0 Å². The summed E-state index contributed by atoms with van der Waals surface area (Å²) in [5, 5.41) is 14.1. The highest BCUT2D eigenvalue weighted by atomic mass is 19.4. The van der Waals surface area contributed by atoms with E-state index < -0.39 is 28.7 Å². The lowest BCUT2D eigenvalue weighted by Crippen LogP contribution is -2.26. The number of aryl methyl sites for hydroxylation is 1. The molecule has 1 fully saturated rings. The largest absolute Gasteiger partial charge is 0.451 e. The smallest absolute Gasteiger partial charge is 0.268 e. The van der Waals surface area contributed by atoms with Crippen LogP contribution in [0.2, 0.25) is 0 Å². The molecule has 128 valence electrons. The molecule has 8 nitrogen and oxygen atoms in total. The Morgan fingerprint density at radius 2 is 2.04 bits per heavy atom. The molecule has 0 atom stereocenters. The van der Waals surface area contributed by atoms with Gasteiger partial charge in [-0.2, -0.15) is 13.2 Å². The van der Waals surface area contributed by atoms with Crippen molar-refractivity contribution in [2.24, 2.45) is 0 Å². The van der Waals surface area contributed by atoms with Gasteiger partial charge in [-0.05, 0) is 25.8 Å². The van der Waals surface area contributed by atoms with E-state index in [4.69, 9.17) is 0 Å². The van der Waals surface area contributed by atoms with Crippen molar-refractivity contribution in [2.75, 3.05) is 0 Å². The molecule has 0 saturated heterocycles. The molecule has 0 spiro atoms. The van der Waals surface area contributed by atoms with Gasteiger partial charge in [0.1, 0.15) is 5.69 Å². The van der Waals surface area contributed by atoms with Crippen LogP contribution < -0.4 is 5.69 Å². The van der Waals surface area contributed by atoms with Crippen LogP contribution in [0.5, 0.6) is 0 Å². The number of hydrogen-bond donors (Lipinski definition) is 0. The van der Waals surface area contributed by atoms with Crippen molar-refractivity contribution in [1.82, 2.24) is 19.3 Å². The fourth-order valence-corrected chi connectivity index (χ4v) is 2.42. The van der Waals surface area contributed by atoms with Gasteiger partial charge < -0.3 is 0 Å². The maximum atomic E-state index is 13.0. The first-order valence-electron chi connectivity index (χ1n) is 7.06. The van der Waals surface area contributed by atoms with Gasteiger partial charge in [0.2, 0.25) is 5.82 Å². The van der Waals surface area contributed by atoms with E-state index in [-0.39, 0.29) is 23.6 Å². The van der Waals surface area contributed by atoms with Crippen LogP contribution in [0.15, 0.2) is 16.9 Å². The van der Waals surface area contributed by atoms with E-state index in [1.807, 2.05) is 0 Å². The second kappa shape index (κ2) is 5.42. The number of hydrogen-bond acceptors (Lipinski definition) is 5. The first-order chi connectivity index (χ1) is 11.2. The summed E-state index contributed by atoms with van der Waals surface area (Å²) < 4.78 is 40.5. The number of pyridine rings is 1. The molecule has 0 N–H and O–H groups in total. The summed E-state index contributed by atoms with van der Waals surface area (Å²) in [6.45, 7) is 1.12. The zero-order chi connectivity index (χ0) is 17.6. The zero-order valence-corrected chi connectivity index (χ0v) is 12.4. The molecule has 0 radical (unpaired) electrons. The lowest BCUT2D eigenvalue weighted by Gasteiger charge is -2.05. The number of nitro groups is 1. The van der Waals surface area contributed by atoms with Crippen LogP contribution in [0.25, 0.3) is 0 Å². The average molecular weight is 343 g/mol. The Hall–Kier alpha value is -2.72. The third kappa shape index (κ3) is 2.88. The third-order valence-corrected chi connectivity index (χ3v) is 3.66. The normalized spacial score (nSPS) is 14.8. The summed E-state index contributed by atoms with van der Waals surface area (Å²) in [7, 11) is 0. The van der Waals surface area contributed by atoms with Gasteiger partial charge in [0.25, 0.3) is 5.69 Å². The van der Waals surface area contributed by atoms with Crippen LogP contribution in [0.4, 0.5) is 18.9 Å². The number of nitrogens with zero attached hydrogens (tertiary/aromatic N) is 5. The van der Waals surface area contributed by atoms with Gasteiger partial charge in [0, 0.05) is 12.1 Å². The van der Waals surface area contributed by atoms with Crippen LogP contribution in [0, 0.1) is 17.0 Å². The molecule has 2 aromatic heterocycles. The highest BCUT2D eigenvalue weighted by Crippen LogP contribution is 2.38. The highest BCUT2D eigenvalue weighted by molar-refractivity contribution is 5.35. The second-order valence-corrected chi connectivity index (χ2v) is 5.53. The predicted molar refractivity (Wildman–Crippen MR) is 74.5 cm³/mol. The molecule has 1 aliphatic carbocycles. The first kappa shape index (κ1) is 16.1. The minimum absolute atomic E-state index is 0.114. The Balaban J connectivity index is 1.98. The molecule has 11 heteroatoms. The Kier molecular flexibility index (Phi) is 3.65. The van der Waals surface area contributed by atoms with Crippen molar-refractivity contribution in [2.45, 2.75) is 38.5 Å². The molecule has 1 aliphatic rings. The van der Waals surface area contributed by atoms with Crippen LogP contribution in [-0.2, 0) is 12.7 Å². The maximum Gasteiger partial charge on any atom is 0.451 e. The summed E-state index contributed by atoms with van der Waals surface area (Å²) in [6.07, 6.45) is -3.72. The average Bonchev–Trinajstić information content (AvgIpc) is 3.23. The lowest BCUT2D eigenvalue weighted by atomic mass is 10.2. The van der Waals surface area contributed by atoms with Gasteiger partial charge in [0.15, 0.2) is 0 Å². The van der Waals surface area contributed by atoms with Gasteiger partial charge in [-0.25, -0.2) is 14.5 Å². The predicted octanol–water partition coefficient (Wildman–Crippen LogP) is 2.06. The first-order valence-corrected chi connectivity index (χ1v) is 7.06. The summed E-state index contributed by atoms with van der Waals surface area (Å²) in [4.78, 5) is 26.3. The molecule has 0 amide bonds. The molecular formula is C13H12F3N5O3. The van der Waals surface area contributed by atoms with Crippen molar-refractivity contribution in [3.8, 4) is 0 Å². The zero-order valence-electron chi connectivity index (χ0n) is 12.4. The van der Waals surface area contributed by atoms with Crippen LogP contribution in [0.1, 0.15) is 36.1 Å². The molecule has 0 bridgehead atoms. The SMILES string of the molecule is Cc1nc(Cn2nc(C(F)(F)F)n(C3CC3)c2=O)ccc1[N+](=O)[O-]. The molecule has 0 aromatic carbocycles. The summed E-state index contributed by atoms with van der Waals surface area (Å²) in [5.41, 5.74) is -0.731. The van der Waals surface area contributed by atoms with E-state index in [1.54, 1.807) is 0 Å². The van der Waals surface area contributed by atoms with Crippen molar-refractivity contribution < 1.29 is 18.1 Å². The summed E-state index contributed by atoms with van der Waals surface area (Å²) >= 11 is 0. The summed E-state index contributed by atoms with van der Waals surface area (Å²) in [6, 6.07) is 2.01. The molecule has 2 aromatic rings. The fourth-order valence-electron chi connectivity index (χ4n) is 2.42. The molecule has 24 heavy (non-hydrogen) atoms. The fraction of sp³-hybridized carbons (Fsp3) is 0.462. The van der Waals surface area contributed by atoms with E-state index >= 15 is 0 Å². The van der Waals surface area contributed by atoms with Crippen molar-refractivity contribution in [3.05, 3.63) is 49.9 Å². The Bertz CT molecular complexity index is 867. The summed E-state index contributed by atoms with van der Waals surface area (Å²) in [5.74, 6) is -1.23. The molecular weight excluding hydrogens is 331 g/mol. The minimum Gasteiger partial charge on any atom is -0.268 e. The van der Waals surface area contributed by atoms with E-state index in [0.29, 0.717) is 22.1 Å². The van der Waals surface area contributed by atoms with Crippen LogP contribution in [-0.4, -0.2) is 24.3 Å². The Morgan fingerprint density at radius 1 is 1.38 bits per heavy atom. The van der Waals surface area contributed by atoms with E-state index in [0.717, 1.165) is 0 Å². The van der Waals surface area contributed by atoms with Crippen LogP contribution >= 0.6 is 0 Å². The number of alkyl halides is 3. The van der Waals surface area contributed by atoms with E-state index in [1.165, 1.54) is 19.1 Å². The van der Waals surface area contributed by atoms with Gasteiger partial charge in [0.05, 0.1) is 17.2 Å². The van der Waals surface area contributed by atoms with Gasteiger partial charge in [-0.15, -0.1) is 5.10 Å². The Morgan fingerprint density at radius 3 is 2.54 bits per heavy atom. The number of aromatic nitrogens is 4. The second-order valence-electron chi connectivity index (χ2n) is 5.53. The van der Waals surface area contributed by atoms with Gasteiger partial charge in [-0.1, -0.05) is 0 Å². The molecule has 0 unspecified atom stereocenters. The molecule has 2 heterocycles. The van der Waals surface area contributed by atoms with Gasteiger partial charge >= 0.3 is 11.9 Å². The molecule has 0 aliphatic heterocycles. The lowest BCUT2D eigenvalue weighted by molar-refractivity contribution is -0.385. The number of halogens is 3. The third-order valence-electron chi connectivity index (χ3n) is 3.66. The van der Waals surface area contributed by atoms with Crippen molar-refractivity contribution >= 4 is 5.69 Å². The topological polar surface area (TPSA) is 95.8 Å². The van der Waals surface area contributed by atoms with E-state index in [2.05, 4.69) is 10.1 Å². The number of rotatable bonds is 4. The molecule has 3 rings (SSSR count).